The van der Waals surface area contributed by atoms with Gasteiger partial charge in [-0.15, -0.1) is 0 Å². The van der Waals surface area contributed by atoms with Gasteiger partial charge in [-0.05, 0) is 56.9 Å². The minimum absolute atomic E-state index is 0.0966. The van der Waals surface area contributed by atoms with E-state index in [1.165, 1.54) is 17.5 Å². The zero-order valence-corrected chi connectivity index (χ0v) is 15.3. The maximum absolute atomic E-state index is 12.3. The van der Waals surface area contributed by atoms with E-state index in [9.17, 15) is 9.90 Å². The Bertz CT molecular complexity index is 709. The highest BCUT2D eigenvalue weighted by Gasteiger charge is 2.48. The summed E-state index contributed by atoms with van der Waals surface area (Å²) in [6.07, 6.45) is 7.31. The lowest BCUT2D eigenvalue weighted by Crippen LogP contribution is -2.54. The van der Waals surface area contributed by atoms with Crippen molar-refractivity contribution >= 4 is 0 Å². The Labute approximate surface area is 154 Å². The highest BCUT2D eigenvalue weighted by atomic mass is 16.5. The standard InChI is InChI=1S/C20H29N3O3/c24-19-6-5-18(15-1-2-15)21-23(19)13-20(25)9-16-3-4-17(10-20)22(16)11-14-7-8-26-12-14/h5-6,14-17,25H,1-4,7-13H2/t14-,16-,17+,20?/m0/s1. The van der Waals surface area contributed by atoms with Crippen molar-refractivity contribution in [3.8, 4) is 0 Å². The van der Waals surface area contributed by atoms with E-state index in [1.807, 2.05) is 6.07 Å². The SMILES string of the molecule is O=c1ccc(C2CC2)nn1CC1(O)C[C@H]2CC[C@@H](C1)N2C[C@@H]1CCOC1. The van der Waals surface area contributed by atoms with Gasteiger partial charge in [0, 0.05) is 37.2 Å². The van der Waals surface area contributed by atoms with Gasteiger partial charge in [-0.2, -0.15) is 5.10 Å². The summed E-state index contributed by atoms with van der Waals surface area (Å²) >= 11 is 0. The van der Waals surface area contributed by atoms with Crippen LogP contribution in [0.4, 0.5) is 0 Å². The van der Waals surface area contributed by atoms with Crippen LogP contribution in [-0.2, 0) is 11.3 Å². The largest absolute Gasteiger partial charge is 0.388 e. The number of nitrogens with zero attached hydrogens (tertiary/aromatic N) is 3. The van der Waals surface area contributed by atoms with Gasteiger partial charge in [0.15, 0.2) is 0 Å². The van der Waals surface area contributed by atoms with Crippen molar-refractivity contribution < 1.29 is 9.84 Å². The van der Waals surface area contributed by atoms with Gasteiger partial charge < -0.3 is 9.84 Å². The summed E-state index contributed by atoms with van der Waals surface area (Å²) in [6.45, 7) is 3.21. The summed E-state index contributed by atoms with van der Waals surface area (Å²) < 4.78 is 7.06. The second kappa shape index (κ2) is 6.43. The van der Waals surface area contributed by atoms with Gasteiger partial charge in [0.1, 0.15) is 0 Å². The molecule has 0 spiro atoms. The fourth-order valence-electron chi connectivity index (χ4n) is 5.32. The van der Waals surface area contributed by atoms with Crippen LogP contribution in [0.2, 0.25) is 0 Å². The van der Waals surface area contributed by atoms with Crippen molar-refractivity contribution in [1.82, 2.24) is 14.7 Å². The number of fused-ring (bicyclic) bond motifs is 2. The molecule has 1 aromatic heterocycles. The molecule has 1 aromatic rings. The van der Waals surface area contributed by atoms with E-state index in [1.54, 1.807) is 6.07 Å². The summed E-state index contributed by atoms with van der Waals surface area (Å²) in [5, 5.41) is 15.9. The summed E-state index contributed by atoms with van der Waals surface area (Å²) in [7, 11) is 0. The minimum atomic E-state index is -0.812. The van der Waals surface area contributed by atoms with Gasteiger partial charge in [0.2, 0.25) is 0 Å². The van der Waals surface area contributed by atoms with Gasteiger partial charge in [-0.1, -0.05) is 0 Å². The Morgan fingerprint density at radius 1 is 1.15 bits per heavy atom. The molecule has 0 aromatic carbocycles. The van der Waals surface area contributed by atoms with E-state index >= 15 is 0 Å². The maximum atomic E-state index is 12.3. The van der Waals surface area contributed by atoms with Crippen LogP contribution in [0.5, 0.6) is 0 Å². The average molecular weight is 359 g/mol. The first-order valence-electron chi connectivity index (χ1n) is 10.2. The van der Waals surface area contributed by atoms with E-state index in [2.05, 4.69) is 10.00 Å². The third kappa shape index (κ3) is 3.23. The Hall–Kier alpha value is -1.24. The predicted octanol–water partition coefficient (Wildman–Crippen LogP) is 1.52. The normalized spacial score (nSPS) is 37.3. The summed E-state index contributed by atoms with van der Waals surface area (Å²) in [5.41, 5.74) is 0.101. The number of piperidine rings is 1. The lowest BCUT2D eigenvalue weighted by Gasteiger charge is -2.44. The van der Waals surface area contributed by atoms with E-state index in [0.717, 1.165) is 57.6 Å². The van der Waals surface area contributed by atoms with Crippen LogP contribution in [0.3, 0.4) is 0 Å². The zero-order chi connectivity index (χ0) is 17.7. The van der Waals surface area contributed by atoms with Crippen LogP contribution < -0.4 is 5.56 Å². The molecule has 3 saturated heterocycles. The van der Waals surface area contributed by atoms with Crippen molar-refractivity contribution in [1.29, 1.82) is 0 Å². The molecule has 4 aliphatic rings. The van der Waals surface area contributed by atoms with Crippen LogP contribution in [-0.4, -0.2) is 57.2 Å². The molecule has 1 unspecified atom stereocenters. The Balaban J connectivity index is 1.30. The third-order valence-corrected chi connectivity index (χ3v) is 6.82. The number of ether oxygens (including phenoxy) is 1. The second-order valence-electron chi connectivity index (χ2n) is 8.97. The lowest BCUT2D eigenvalue weighted by molar-refractivity contribution is -0.0687. The first-order chi connectivity index (χ1) is 12.6. The van der Waals surface area contributed by atoms with Gasteiger partial charge in [0.05, 0.1) is 24.4 Å². The molecule has 5 rings (SSSR count). The zero-order valence-electron chi connectivity index (χ0n) is 15.3. The van der Waals surface area contributed by atoms with E-state index in [-0.39, 0.29) is 5.56 Å². The van der Waals surface area contributed by atoms with E-state index in [4.69, 9.17) is 4.74 Å². The van der Waals surface area contributed by atoms with E-state index < -0.39 is 5.60 Å². The van der Waals surface area contributed by atoms with Gasteiger partial charge in [-0.25, -0.2) is 4.68 Å². The van der Waals surface area contributed by atoms with Crippen LogP contribution in [0.15, 0.2) is 16.9 Å². The molecule has 0 radical (unpaired) electrons. The number of aromatic nitrogens is 2. The second-order valence-corrected chi connectivity index (χ2v) is 8.97. The molecule has 4 atom stereocenters. The van der Waals surface area contributed by atoms with Crippen molar-refractivity contribution in [3.05, 3.63) is 28.2 Å². The topological polar surface area (TPSA) is 67.6 Å². The predicted molar refractivity (Wildman–Crippen MR) is 97.1 cm³/mol. The molecule has 1 saturated carbocycles. The molecule has 3 aliphatic heterocycles. The van der Waals surface area contributed by atoms with Crippen LogP contribution in [0.1, 0.15) is 56.6 Å². The number of hydrogen-bond acceptors (Lipinski definition) is 5. The average Bonchev–Trinajstić information content (AvgIpc) is 3.28. The molecule has 142 valence electrons. The molecule has 6 nitrogen and oxygen atoms in total. The van der Waals surface area contributed by atoms with Crippen molar-refractivity contribution in [2.24, 2.45) is 5.92 Å². The quantitative estimate of drug-likeness (QED) is 0.863. The third-order valence-electron chi connectivity index (χ3n) is 6.82. The lowest BCUT2D eigenvalue weighted by atomic mass is 9.85. The summed E-state index contributed by atoms with van der Waals surface area (Å²) in [6, 6.07) is 4.34. The fourth-order valence-corrected chi connectivity index (χ4v) is 5.32. The highest BCUT2D eigenvalue weighted by molar-refractivity contribution is 5.13. The molecule has 1 aliphatic carbocycles. The van der Waals surface area contributed by atoms with Gasteiger partial charge in [-0.3, -0.25) is 9.69 Å². The van der Waals surface area contributed by atoms with Crippen LogP contribution in [0, 0.1) is 5.92 Å². The molecule has 0 amide bonds. The Morgan fingerprint density at radius 2 is 1.92 bits per heavy atom. The monoisotopic (exact) mass is 359 g/mol. The highest BCUT2D eigenvalue weighted by Crippen LogP contribution is 2.42. The molecule has 1 N–H and O–H groups in total. The molecular formula is C20H29N3O3. The number of rotatable bonds is 5. The molecule has 2 bridgehead atoms. The van der Waals surface area contributed by atoms with Crippen molar-refractivity contribution in [2.45, 2.75) is 75.1 Å². The van der Waals surface area contributed by atoms with Crippen molar-refractivity contribution in [3.63, 3.8) is 0 Å². The van der Waals surface area contributed by atoms with Gasteiger partial charge >= 0.3 is 0 Å². The molecule has 4 heterocycles. The minimum Gasteiger partial charge on any atom is -0.388 e. The maximum Gasteiger partial charge on any atom is 0.266 e. The molecule has 6 heteroatoms. The van der Waals surface area contributed by atoms with Crippen molar-refractivity contribution in [2.75, 3.05) is 19.8 Å². The summed E-state index contributed by atoms with van der Waals surface area (Å²) in [5.74, 6) is 1.16. The fraction of sp³-hybridized carbons (Fsp3) is 0.800. The first-order valence-corrected chi connectivity index (χ1v) is 10.2. The number of aliphatic hydroxyl groups is 1. The molecule has 26 heavy (non-hydrogen) atoms. The Kier molecular flexibility index (Phi) is 4.18. The smallest absolute Gasteiger partial charge is 0.266 e. The Morgan fingerprint density at radius 3 is 2.58 bits per heavy atom. The molecular weight excluding hydrogens is 330 g/mol. The van der Waals surface area contributed by atoms with Gasteiger partial charge in [0.25, 0.3) is 5.56 Å². The first kappa shape index (κ1) is 16.9. The van der Waals surface area contributed by atoms with Crippen LogP contribution >= 0.6 is 0 Å². The molecule has 4 fully saturated rings. The number of hydrogen-bond donors (Lipinski definition) is 1. The van der Waals surface area contributed by atoms with Crippen LogP contribution in [0.25, 0.3) is 0 Å². The van der Waals surface area contributed by atoms with E-state index in [0.29, 0.717) is 30.5 Å². The summed E-state index contributed by atoms with van der Waals surface area (Å²) in [4.78, 5) is 14.9.